The normalized spacial score (nSPS) is 17.3. The third-order valence-corrected chi connectivity index (χ3v) is 6.57. The van der Waals surface area contributed by atoms with Crippen molar-refractivity contribution in [1.82, 2.24) is 10.3 Å². The summed E-state index contributed by atoms with van der Waals surface area (Å²) in [7, 11) is 1.49. The van der Waals surface area contributed by atoms with Crippen LogP contribution in [0.15, 0.2) is 71.9 Å². The Morgan fingerprint density at radius 3 is 2.51 bits per heavy atom. The van der Waals surface area contributed by atoms with Crippen LogP contribution in [0.2, 0.25) is 0 Å². The van der Waals surface area contributed by atoms with Gasteiger partial charge in [-0.3, -0.25) is 15.6 Å². The Balaban J connectivity index is 1.38. The highest BCUT2D eigenvalue weighted by molar-refractivity contribution is 6.19. The van der Waals surface area contributed by atoms with E-state index in [1.54, 1.807) is 12.1 Å². The van der Waals surface area contributed by atoms with Gasteiger partial charge in [0.25, 0.3) is 11.9 Å². The summed E-state index contributed by atoms with van der Waals surface area (Å²) in [4.78, 5) is 21.4. The molecule has 0 radical (unpaired) electrons. The van der Waals surface area contributed by atoms with Crippen molar-refractivity contribution in [3.05, 3.63) is 89.2 Å². The van der Waals surface area contributed by atoms with Crippen LogP contribution in [0.1, 0.15) is 35.2 Å². The number of fused-ring (bicyclic) bond motifs is 1. The number of benzodiazepines with no additional fused rings is 1. The molecule has 1 aliphatic carbocycles. The highest BCUT2D eigenvalue weighted by atomic mass is 19.4. The first-order valence-electron chi connectivity index (χ1n) is 12.6. The van der Waals surface area contributed by atoms with Gasteiger partial charge < -0.3 is 25.4 Å². The highest BCUT2D eigenvalue weighted by Gasteiger charge is 2.44. The maximum absolute atomic E-state index is 13.4. The van der Waals surface area contributed by atoms with Crippen molar-refractivity contribution in [3.63, 3.8) is 0 Å². The monoisotopic (exact) mass is 565 g/mol. The molecule has 1 atom stereocenters. The van der Waals surface area contributed by atoms with E-state index in [9.17, 15) is 18.0 Å². The van der Waals surface area contributed by atoms with Crippen molar-refractivity contribution in [2.75, 3.05) is 24.4 Å². The summed E-state index contributed by atoms with van der Waals surface area (Å²) >= 11 is 0. The van der Waals surface area contributed by atoms with Crippen LogP contribution in [0.4, 0.5) is 24.5 Å². The van der Waals surface area contributed by atoms with E-state index in [0.717, 1.165) is 11.6 Å². The predicted molar refractivity (Wildman–Crippen MR) is 146 cm³/mol. The molecule has 41 heavy (non-hydrogen) atoms. The minimum Gasteiger partial charge on any atom is -0.405 e. The van der Waals surface area contributed by atoms with E-state index in [1.807, 2.05) is 42.5 Å². The quantitative estimate of drug-likeness (QED) is 0.213. The van der Waals surface area contributed by atoms with E-state index < -0.39 is 41.3 Å². The predicted octanol–water partition coefficient (Wildman–Crippen LogP) is 4.37. The number of carbonyl (C=O) groups is 1. The zero-order valence-electron chi connectivity index (χ0n) is 21.8. The first-order valence-corrected chi connectivity index (χ1v) is 12.6. The lowest BCUT2D eigenvalue weighted by atomic mass is 10.0. The van der Waals surface area contributed by atoms with Gasteiger partial charge >= 0.3 is 6.18 Å². The number of ether oxygens (including phenoxy) is 2. The number of aromatic nitrogens is 1. The molecule has 10 nitrogen and oxygen atoms in total. The Morgan fingerprint density at radius 1 is 1.12 bits per heavy atom. The molecule has 1 saturated carbocycles. The summed E-state index contributed by atoms with van der Waals surface area (Å²) in [5, 5.41) is 25.0. The van der Waals surface area contributed by atoms with Crippen LogP contribution in [0.25, 0.3) is 0 Å². The molecule has 3 aromatic rings. The molecule has 1 amide bonds. The SMILES string of the molecule is COCC1(Nc2cc(C(F)(F)F)cnc2C(=N)OC(=N)NC2N=C(c3ccccc3)c3ccccc3NC2=O)CC1. The van der Waals surface area contributed by atoms with Gasteiger partial charge in [0.05, 0.1) is 34.8 Å². The minimum absolute atomic E-state index is 0.0841. The Kier molecular flexibility index (Phi) is 7.45. The second kappa shape index (κ2) is 11.0. The lowest BCUT2D eigenvalue weighted by molar-refractivity contribution is -0.137. The van der Waals surface area contributed by atoms with E-state index in [4.69, 9.17) is 20.3 Å². The van der Waals surface area contributed by atoms with Crippen LogP contribution < -0.4 is 16.0 Å². The maximum atomic E-state index is 13.4. The number of nitrogens with one attached hydrogen (secondary N) is 5. The molecule has 0 saturated heterocycles. The number of pyridine rings is 1. The molecule has 1 unspecified atom stereocenters. The zero-order chi connectivity index (χ0) is 29.2. The van der Waals surface area contributed by atoms with E-state index in [-0.39, 0.29) is 18.0 Å². The van der Waals surface area contributed by atoms with Crippen molar-refractivity contribution >= 4 is 34.9 Å². The average molecular weight is 566 g/mol. The van der Waals surface area contributed by atoms with Crippen LogP contribution in [-0.2, 0) is 20.4 Å². The summed E-state index contributed by atoms with van der Waals surface area (Å²) in [5.41, 5.74) is 0.512. The molecule has 2 heterocycles. The van der Waals surface area contributed by atoms with Crippen molar-refractivity contribution in [2.24, 2.45) is 4.99 Å². The second-order valence-corrected chi connectivity index (χ2v) is 9.64. The Hall–Kier alpha value is -4.78. The van der Waals surface area contributed by atoms with Gasteiger partial charge in [-0.05, 0) is 25.0 Å². The fraction of sp³-hybridized carbons (Fsp3) is 0.250. The fourth-order valence-electron chi connectivity index (χ4n) is 4.40. The van der Waals surface area contributed by atoms with E-state index in [1.165, 1.54) is 7.11 Å². The van der Waals surface area contributed by atoms with Gasteiger partial charge in [0.2, 0.25) is 12.1 Å². The van der Waals surface area contributed by atoms with Gasteiger partial charge in [0.1, 0.15) is 5.69 Å². The Labute approximate surface area is 233 Å². The summed E-state index contributed by atoms with van der Waals surface area (Å²) in [6.45, 7) is 0.245. The van der Waals surface area contributed by atoms with Gasteiger partial charge in [0, 0.05) is 24.4 Å². The number of benzene rings is 2. The molecule has 0 spiro atoms. The number of rotatable bonds is 7. The van der Waals surface area contributed by atoms with Crippen LogP contribution in [0.3, 0.4) is 0 Å². The van der Waals surface area contributed by atoms with Crippen LogP contribution in [0.5, 0.6) is 0 Å². The van der Waals surface area contributed by atoms with Crippen molar-refractivity contribution < 1.29 is 27.4 Å². The van der Waals surface area contributed by atoms with Crippen molar-refractivity contribution in [3.8, 4) is 0 Å². The lowest BCUT2D eigenvalue weighted by Crippen LogP contribution is -2.43. The van der Waals surface area contributed by atoms with Gasteiger partial charge in [0.15, 0.2) is 0 Å². The smallest absolute Gasteiger partial charge is 0.405 e. The summed E-state index contributed by atoms with van der Waals surface area (Å²) in [6.07, 6.45) is -4.06. The number of alkyl halides is 3. The zero-order valence-corrected chi connectivity index (χ0v) is 21.8. The molecule has 5 N–H and O–H groups in total. The van der Waals surface area contributed by atoms with Crippen molar-refractivity contribution in [2.45, 2.75) is 30.7 Å². The van der Waals surface area contributed by atoms with Gasteiger partial charge in [-0.25, -0.2) is 9.98 Å². The van der Waals surface area contributed by atoms with Gasteiger partial charge in [-0.1, -0.05) is 48.5 Å². The molecule has 0 bridgehead atoms. The largest absolute Gasteiger partial charge is 0.417 e. The number of amides is 1. The van der Waals surface area contributed by atoms with E-state index in [0.29, 0.717) is 36.0 Å². The number of nitrogens with zero attached hydrogens (tertiary/aromatic N) is 2. The minimum atomic E-state index is -4.66. The Bertz CT molecular complexity index is 1520. The number of anilines is 2. The molecule has 1 aromatic heterocycles. The van der Waals surface area contributed by atoms with Crippen LogP contribution in [0, 0.1) is 10.8 Å². The number of aliphatic imine (C=N–C) groups is 1. The fourth-order valence-corrected chi connectivity index (χ4v) is 4.40. The molecule has 13 heteroatoms. The number of halogens is 3. The first-order chi connectivity index (χ1) is 19.6. The maximum Gasteiger partial charge on any atom is 0.417 e. The number of para-hydroxylation sites is 1. The van der Waals surface area contributed by atoms with Crippen LogP contribution in [-0.4, -0.2) is 53.9 Å². The molecule has 2 aromatic carbocycles. The van der Waals surface area contributed by atoms with Crippen molar-refractivity contribution in [1.29, 1.82) is 10.8 Å². The molecule has 1 fully saturated rings. The topological polar surface area (TPSA) is 145 Å². The average Bonchev–Trinajstić information content (AvgIpc) is 3.71. The number of hydrogen-bond donors (Lipinski definition) is 5. The third kappa shape index (κ3) is 6.19. The molecule has 212 valence electrons. The molecule has 1 aliphatic heterocycles. The summed E-state index contributed by atoms with van der Waals surface area (Å²) in [6, 6.07) is 16.4. The molecular weight excluding hydrogens is 539 g/mol. The first kappa shape index (κ1) is 27.8. The van der Waals surface area contributed by atoms with E-state index >= 15 is 0 Å². The molecule has 2 aliphatic rings. The standard InChI is InChI=1S/C28H26F3N7O3/c1-40-15-27(11-12-27)38-20-13-17(28(29,30)31)14-34-22(20)23(32)41-26(33)37-24-25(39)35-19-10-6-5-9-18(19)21(36-24)16-7-3-2-4-8-16/h2-10,13-14,24,32,38H,11-12,15H2,1H3,(H2,33,37)(H,35,39). The molecular formula is C28H26F3N7O3. The third-order valence-electron chi connectivity index (χ3n) is 6.57. The summed E-state index contributed by atoms with van der Waals surface area (Å²) in [5.74, 6) is -1.27. The number of carbonyl (C=O) groups excluding carboxylic acids is 1. The highest BCUT2D eigenvalue weighted by Crippen LogP contribution is 2.41. The van der Waals surface area contributed by atoms with Gasteiger partial charge in [-0.15, -0.1) is 0 Å². The number of hydrogen-bond acceptors (Lipinski definition) is 8. The number of amidine groups is 1. The second-order valence-electron chi connectivity index (χ2n) is 9.64. The summed E-state index contributed by atoms with van der Waals surface area (Å²) < 4.78 is 50.7. The lowest BCUT2D eigenvalue weighted by Gasteiger charge is -2.21. The van der Waals surface area contributed by atoms with E-state index in [2.05, 4.69) is 25.9 Å². The Morgan fingerprint density at radius 2 is 1.83 bits per heavy atom. The van der Waals surface area contributed by atoms with Gasteiger partial charge in [-0.2, -0.15) is 13.2 Å². The van der Waals surface area contributed by atoms with Crippen LogP contribution >= 0.6 is 0 Å². The molecule has 5 rings (SSSR count). The number of methoxy groups -OCH3 is 1.